The maximum atomic E-state index is 14.2. The third-order valence-electron chi connectivity index (χ3n) is 2.68. The van der Waals surface area contributed by atoms with Gasteiger partial charge in [-0.3, -0.25) is 0 Å². The molecule has 1 heterocycles. The molecule has 0 fully saturated rings. The van der Waals surface area contributed by atoms with E-state index in [4.69, 9.17) is 4.74 Å². The molecule has 2 aromatic rings. The van der Waals surface area contributed by atoms with Crippen LogP contribution in [0.4, 0.5) is 4.39 Å². The first-order valence-corrected chi connectivity index (χ1v) is 6.66. The number of methoxy groups -OCH3 is 1. The van der Waals surface area contributed by atoms with Gasteiger partial charge in [-0.1, -0.05) is 19.1 Å². The van der Waals surface area contributed by atoms with Crippen molar-refractivity contribution in [1.82, 2.24) is 10.3 Å². The third-order valence-corrected chi connectivity index (χ3v) is 3.28. The molecule has 3 nitrogen and oxygen atoms in total. The predicted octanol–water partition coefficient (Wildman–Crippen LogP) is 2.99. The highest BCUT2D eigenvalue weighted by atomic mass is 32.1. The molecule has 0 amide bonds. The minimum atomic E-state index is -0.334. The van der Waals surface area contributed by atoms with E-state index in [1.807, 2.05) is 12.3 Å². The van der Waals surface area contributed by atoms with E-state index in [0.29, 0.717) is 5.56 Å². The van der Waals surface area contributed by atoms with Crippen LogP contribution in [0.5, 0.6) is 5.75 Å². The van der Waals surface area contributed by atoms with Crippen molar-refractivity contribution in [2.24, 2.45) is 0 Å². The Labute approximate surface area is 110 Å². The summed E-state index contributed by atoms with van der Waals surface area (Å²) in [6, 6.07) is 4.91. The Morgan fingerprint density at radius 2 is 2.33 bits per heavy atom. The van der Waals surface area contributed by atoms with E-state index in [2.05, 4.69) is 10.3 Å². The van der Waals surface area contributed by atoms with Gasteiger partial charge in [0, 0.05) is 10.9 Å². The SMILES string of the molecule is CCNC(c1cscn1)c1cccc(OC)c1F. The Kier molecular flexibility index (Phi) is 4.28. The fourth-order valence-corrected chi connectivity index (χ4v) is 2.43. The van der Waals surface area contributed by atoms with Crippen LogP contribution in [0.1, 0.15) is 24.2 Å². The lowest BCUT2D eigenvalue weighted by Gasteiger charge is -2.18. The van der Waals surface area contributed by atoms with Crippen molar-refractivity contribution in [2.45, 2.75) is 13.0 Å². The standard InChI is InChI=1S/C13H15FN2OS/c1-3-15-13(10-7-18-8-16-10)9-5-4-6-11(17-2)12(9)14/h4-8,13,15H,3H2,1-2H3. The Morgan fingerprint density at radius 1 is 1.50 bits per heavy atom. The van der Waals surface area contributed by atoms with Crippen LogP contribution in [-0.2, 0) is 0 Å². The number of rotatable bonds is 5. The zero-order chi connectivity index (χ0) is 13.0. The van der Waals surface area contributed by atoms with Gasteiger partial charge in [-0.25, -0.2) is 9.37 Å². The van der Waals surface area contributed by atoms with Gasteiger partial charge >= 0.3 is 0 Å². The van der Waals surface area contributed by atoms with Crippen molar-refractivity contribution in [3.05, 3.63) is 46.2 Å². The van der Waals surface area contributed by atoms with Crippen LogP contribution in [-0.4, -0.2) is 18.6 Å². The van der Waals surface area contributed by atoms with E-state index in [-0.39, 0.29) is 17.6 Å². The molecule has 0 aliphatic heterocycles. The van der Waals surface area contributed by atoms with Crippen LogP contribution in [0.3, 0.4) is 0 Å². The molecule has 1 aromatic carbocycles. The number of halogens is 1. The lowest BCUT2D eigenvalue weighted by atomic mass is 10.0. The van der Waals surface area contributed by atoms with Gasteiger partial charge in [0.05, 0.1) is 24.4 Å². The first-order valence-electron chi connectivity index (χ1n) is 5.71. The molecular formula is C13H15FN2OS. The second-order valence-corrected chi connectivity index (χ2v) is 4.49. The molecule has 1 unspecified atom stereocenters. The number of nitrogens with one attached hydrogen (secondary N) is 1. The van der Waals surface area contributed by atoms with Crippen molar-refractivity contribution in [3.63, 3.8) is 0 Å². The van der Waals surface area contributed by atoms with E-state index in [1.165, 1.54) is 18.4 Å². The van der Waals surface area contributed by atoms with Crippen LogP contribution in [0, 0.1) is 5.82 Å². The molecule has 18 heavy (non-hydrogen) atoms. The predicted molar refractivity (Wildman–Crippen MR) is 70.6 cm³/mol. The zero-order valence-electron chi connectivity index (χ0n) is 10.3. The van der Waals surface area contributed by atoms with Gasteiger partial charge in [0.1, 0.15) is 0 Å². The summed E-state index contributed by atoms with van der Waals surface area (Å²) in [4.78, 5) is 4.26. The molecule has 0 saturated carbocycles. The monoisotopic (exact) mass is 266 g/mol. The number of thiazole rings is 1. The molecule has 1 N–H and O–H groups in total. The minimum Gasteiger partial charge on any atom is -0.494 e. The molecule has 0 radical (unpaired) electrons. The largest absolute Gasteiger partial charge is 0.494 e. The second-order valence-electron chi connectivity index (χ2n) is 3.77. The van der Waals surface area contributed by atoms with Crippen molar-refractivity contribution in [1.29, 1.82) is 0 Å². The van der Waals surface area contributed by atoms with E-state index in [9.17, 15) is 4.39 Å². The average molecular weight is 266 g/mol. The lowest BCUT2D eigenvalue weighted by Crippen LogP contribution is -2.23. The number of benzene rings is 1. The second kappa shape index (κ2) is 5.93. The van der Waals surface area contributed by atoms with Crippen molar-refractivity contribution in [3.8, 4) is 5.75 Å². The Morgan fingerprint density at radius 3 is 2.94 bits per heavy atom. The lowest BCUT2D eigenvalue weighted by molar-refractivity contribution is 0.381. The molecule has 0 saturated heterocycles. The van der Waals surface area contributed by atoms with Gasteiger partial charge < -0.3 is 10.1 Å². The molecule has 0 bridgehead atoms. The van der Waals surface area contributed by atoms with Crippen LogP contribution >= 0.6 is 11.3 Å². The van der Waals surface area contributed by atoms with Gasteiger partial charge in [-0.2, -0.15) is 0 Å². The zero-order valence-corrected chi connectivity index (χ0v) is 11.1. The van der Waals surface area contributed by atoms with E-state index in [1.54, 1.807) is 23.7 Å². The van der Waals surface area contributed by atoms with Gasteiger partial charge in [0.15, 0.2) is 11.6 Å². The van der Waals surface area contributed by atoms with Gasteiger partial charge in [0.2, 0.25) is 0 Å². The maximum absolute atomic E-state index is 14.2. The number of hydrogen-bond acceptors (Lipinski definition) is 4. The van der Waals surface area contributed by atoms with Gasteiger partial charge in [0.25, 0.3) is 0 Å². The first kappa shape index (κ1) is 13.0. The van der Waals surface area contributed by atoms with E-state index in [0.717, 1.165) is 12.2 Å². The summed E-state index contributed by atoms with van der Waals surface area (Å²) >= 11 is 1.50. The number of nitrogens with zero attached hydrogens (tertiary/aromatic N) is 1. The summed E-state index contributed by atoms with van der Waals surface area (Å²) in [5.41, 5.74) is 3.13. The molecule has 1 atom stereocenters. The minimum absolute atomic E-state index is 0.239. The smallest absolute Gasteiger partial charge is 0.170 e. The summed E-state index contributed by atoms with van der Waals surface area (Å²) in [5.74, 6) is -0.0791. The molecular weight excluding hydrogens is 251 g/mol. The molecule has 5 heteroatoms. The summed E-state index contributed by atoms with van der Waals surface area (Å²) in [6.07, 6.45) is 0. The van der Waals surface area contributed by atoms with Crippen LogP contribution < -0.4 is 10.1 Å². The topological polar surface area (TPSA) is 34.2 Å². The Hall–Kier alpha value is -1.46. The quantitative estimate of drug-likeness (QED) is 0.903. The van der Waals surface area contributed by atoms with E-state index >= 15 is 0 Å². The fraction of sp³-hybridized carbons (Fsp3) is 0.308. The van der Waals surface area contributed by atoms with Crippen LogP contribution in [0.2, 0.25) is 0 Å². The number of hydrogen-bond donors (Lipinski definition) is 1. The Bertz CT molecular complexity index is 502. The average Bonchev–Trinajstić information content (AvgIpc) is 2.90. The van der Waals surface area contributed by atoms with Crippen LogP contribution in [0.15, 0.2) is 29.1 Å². The number of aromatic nitrogens is 1. The summed E-state index contributed by atoms with van der Waals surface area (Å²) in [5, 5.41) is 5.16. The highest BCUT2D eigenvalue weighted by Crippen LogP contribution is 2.29. The highest BCUT2D eigenvalue weighted by molar-refractivity contribution is 7.07. The highest BCUT2D eigenvalue weighted by Gasteiger charge is 2.20. The number of ether oxygens (including phenoxy) is 1. The summed E-state index contributed by atoms with van der Waals surface area (Å²) in [6.45, 7) is 2.72. The van der Waals surface area contributed by atoms with Crippen molar-refractivity contribution < 1.29 is 9.13 Å². The molecule has 0 aliphatic carbocycles. The fourth-order valence-electron chi connectivity index (χ4n) is 1.85. The normalized spacial score (nSPS) is 12.4. The molecule has 0 spiro atoms. The molecule has 2 rings (SSSR count). The third kappa shape index (κ3) is 2.52. The van der Waals surface area contributed by atoms with Gasteiger partial charge in [-0.15, -0.1) is 11.3 Å². The van der Waals surface area contributed by atoms with Crippen LogP contribution in [0.25, 0.3) is 0 Å². The summed E-state index contributed by atoms with van der Waals surface area (Å²) in [7, 11) is 1.47. The molecule has 1 aromatic heterocycles. The molecule has 0 aliphatic rings. The maximum Gasteiger partial charge on any atom is 0.170 e. The first-order chi connectivity index (χ1) is 8.77. The van der Waals surface area contributed by atoms with E-state index < -0.39 is 0 Å². The van der Waals surface area contributed by atoms with Crippen molar-refractivity contribution in [2.75, 3.05) is 13.7 Å². The van der Waals surface area contributed by atoms with Gasteiger partial charge in [-0.05, 0) is 12.6 Å². The van der Waals surface area contributed by atoms with Crippen molar-refractivity contribution >= 4 is 11.3 Å². The Balaban J connectivity index is 2.43. The summed E-state index contributed by atoms with van der Waals surface area (Å²) < 4.78 is 19.3. The molecule has 96 valence electrons.